The molecule has 1 unspecified atom stereocenters. The summed E-state index contributed by atoms with van der Waals surface area (Å²) in [6, 6.07) is 11.9. The van der Waals surface area contributed by atoms with E-state index in [1.165, 1.54) is 10.1 Å². The Labute approximate surface area is 148 Å². The second-order valence-electron chi connectivity index (χ2n) is 4.34. The fraction of sp³-hybridized carbons (Fsp3) is 0.0667. The van der Waals surface area contributed by atoms with Gasteiger partial charge < -0.3 is 0 Å². The number of fused-ring (bicyclic) bond motifs is 1. The summed E-state index contributed by atoms with van der Waals surface area (Å²) < 4.78 is 3.28. The van der Waals surface area contributed by atoms with Crippen LogP contribution in [0.15, 0.2) is 50.7 Å². The van der Waals surface area contributed by atoms with Gasteiger partial charge in [0, 0.05) is 18.7 Å². The van der Waals surface area contributed by atoms with Crippen LogP contribution in [0.2, 0.25) is 5.02 Å². The Balaban J connectivity index is 2.15. The molecular weight excluding hydrogens is 443 g/mol. The number of rotatable bonds is 2. The third-order valence-corrected chi connectivity index (χ3v) is 6.36. The predicted molar refractivity (Wildman–Crippen MR) is 96.4 cm³/mol. The zero-order valence-electron chi connectivity index (χ0n) is 10.0. The summed E-state index contributed by atoms with van der Waals surface area (Å²) >= 11 is 21.7. The topological polar surface area (TPSA) is 0 Å². The molecule has 0 aliphatic carbocycles. The van der Waals surface area contributed by atoms with E-state index in [2.05, 4.69) is 43.3 Å². The fourth-order valence-electron chi connectivity index (χ4n) is 2.11. The van der Waals surface area contributed by atoms with E-state index in [9.17, 15) is 0 Å². The minimum atomic E-state index is -0.261. The highest BCUT2D eigenvalue weighted by Crippen LogP contribution is 2.42. The first kappa shape index (κ1) is 14.9. The largest absolute Gasteiger partial charge is 0.142 e. The highest BCUT2D eigenvalue weighted by Gasteiger charge is 2.19. The first-order valence-corrected chi connectivity index (χ1v) is 9.10. The molecule has 20 heavy (non-hydrogen) atoms. The number of halogens is 4. The van der Waals surface area contributed by atoms with Crippen LogP contribution in [-0.2, 0) is 0 Å². The van der Waals surface area contributed by atoms with Gasteiger partial charge in [0.25, 0.3) is 0 Å². The molecule has 2 aromatic carbocycles. The molecule has 102 valence electrons. The van der Waals surface area contributed by atoms with E-state index < -0.39 is 0 Å². The van der Waals surface area contributed by atoms with Crippen LogP contribution in [0.1, 0.15) is 16.5 Å². The minimum Gasteiger partial charge on any atom is -0.142 e. The van der Waals surface area contributed by atoms with E-state index in [4.69, 9.17) is 23.2 Å². The maximum atomic E-state index is 6.67. The maximum Gasteiger partial charge on any atom is 0.0864 e. The fourth-order valence-corrected chi connectivity index (χ4v) is 4.86. The van der Waals surface area contributed by atoms with Crippen LogP contribution in [0.25, 0.3) is 10.1 Å². The summed E-state index contributed by atoms with van der Waals surface area (Å²) in [5, 5.41) is 3.69. The van der Waals surface area contributed by atoms with Gasteiger partial charge in [-0.05, 0) is 62.1 Å². The molecule has 0 N–H and O–H groups in total. The van der Waals surface area contributed by atoms with Crippen LogP contribution in [0.4, 0.5) is 0 Å². The molecule has 0 aliphatic rings. The smallest absolute Gasteiger partial charge is 0.0864 e. The van der Waals surface area contributed by atoms with Gasteiger partial charge in [-0.3, -0.25) is 0 Å². The van der Waals surface area contributed by atoms with Gasteiger partial charge in [0.05, 0.1) is 5.38 Å². The van der Waals surface area contributed by atoms with Crippen molar-refractivity contribution in [2.75, 3.05) is 0 Å². The Morgan fingerprint density at radius 1 is 1.05 bits per heavy atom. The summed E-state index contributed by atoms with van der Waals surface area (Å²) in [6.45, 7) is 0. The maximum absolute atomic E-state index is 6.67. The molecule has 0 fully saturated rings. The van der Waals surface area contributed by atoms with Crippen molar-refractivity contribution in [1.82, 2.24) is 0 Å². The Morgan fingerprint density at radius 2 is 1.85 bits per heavy atom. The lowest BCUT2D eigenvalue weighted by molar-refractivity contribution is 1.17. The van der Waals surface area contributed by atoms with E-state index in [0.29, 0.717) is 5.02 Å². The molecule has 1 atom stereocenters. The molecule has 1 heterocycles. The predicted octanol–water partition coefficient (Wildman–Crippen LogP) is 7.41. The van der Waals surface area contributed by atoms with Gasteiger partial charge in [0.2, 0.25) is 0 Å². The van der Waals surface area contributed by atoms with Crippen LogP contribution in [0.3, 0.4) is 0 Å². The van der Waals surface area contributed by atoms with Crippen LogP contribution in [0, 0.1) is 0 Å². The second kappa shape index (κ2) is 5.98. The van der Waals surface area contributed by atoms with Crippen LogP contribution in [0.5, 0.6) is 0 Å². The third-order valence-electron chi connectivity index (χ3n) is 3.09. The Hall–Kier alpha value is -0.0600. The molecule has 0 radical (unpaired) electrons. The summed E-state index contributed by atoms with van der Waals surface area (Å²) in [7, 11) is 0. The van der Waals surface area contributed by atoms with Crippen molar-refractivity contribution in [2.24, 2.45) is 0 Å². The lowest BCUT2D eigenvalue weighted by Crippen LogP contribution is -1.93. The molecule has 0 nitrogen and oxygen atoms in total. The van der Waals surface area contributed by atoms with E-state index >= 15 is 0 Å². The van der Waals surface area contributed by atoms with Crippen molar-refractivity contribution in [3.63, 3.8) is 0 Å². The van der Waals surface area contributed by atoms with Crippen molar-refractivity contribution in [2.45, 2.75) is 5.38 Å². The van der Waals surface area contributed by atoms with Gasteiger partial charge in [-0.15, -0.1) is 22.9 Å². The van der Waals surface area contributed by atoms with Gasteiger partial charge in [0.15, 0.2) is 0 Å². The monoisotopic (exact) mass is 448 g/mol. The zero-order chi connectivity index (χ0) is 14.3. The SMILES string of the molecule is Clc1ccc(Br)cc1C(Cl)c1csc2c(Br)cccc12. The molecule has 0 saturated heterocycles. The molecule has 3 aromatic rings. The average molecular weight is 451 g/mol. The van der Waals surface area contributed by atoms with Crippen molar-refractivity contribution in [3.8, 4) is 0 Å². The Bertz CT molecular complexity index is 783. The van der Waals surface area contributed by atoms with Gasteiger partial charge in [-0.1, -0.05) is 39.7 Å². The van der Waals surface area contributed by atoms with Crippen LogP contribution >= 0.6 is 66.4 Å². The highest BCUT2D eigenvalue weighted by molar-refractivity contribution is 9.11. The molecule has 0 amide bonds. The minimum absolute atomic E-state index is 0.261. The molecule has 0 aliphatic heterocycles. The summed E-state index contributed by atoms with van der Waals surface area (Å²) in [5.74, 6) is 0. The van der Waals surface area contributed by atoms with E-state index in [1.807, 2.05) is 30.3 Å². The molecular formula is C15H8Br2Cl2S. The lowest BCUT2D eigenvalue weighted by atomic mass is 10.0. The van der Waals surface area contributed by atoms with E-state index in [0.717, 1.165) is 20.1 Å². The van der Waals surface area contributed by atoms with Crippen molar-refractivity contribution in [3.05, 3.63) is 66.9 Å². The first-order chi connectivity index (χ1) is 9.58. The first-order valence-electron chi connectivity index (χ1n) is 5.82. The van der Waals surface area contributed by atoms with Gasteiger partial charge in [-0.2, -0.15) is 0 Å². The molecule has 1 aromatic heterocycles. The molecule has 0 bridgehead atoms. The highest BCUT2D eigenvalue weighted by atomic mass is 79.9. The standard InChI is InChI=1S/C15H8Br2Cl2S/c16-8-4-5-13(18)10(6-8)14(19)11-7-20-15-9(11)2-1-3-12(15)17/h1-7,14H. The van der Waals surface area contributed by atoms with Crippen molar-refractivity contribution < 1.29 is 0 Å². The Morgan fingerprint density at radius 3 is 2.65 bits per heavy atom. The normalized spacial score (nSPS) is 12.8. The van der Waals surface area contributed by atoms with E-state index in [-0.39, 0.29) is 5.38 Å². The lowest BCUT2D eigenvalue weighted by Gasteiger charge is -2.12. The van der Waals surface area contributed by atoms with Crippen LogP contribution < -0.4 is 0 Å². The van der Waals surface area contributed by atoms with Crippen molar-refractivity contribution in [1.29, 1.82) is 0 Å². The molecule has 0 spiro atoms. The molecule has 0 saturated carbocycles. The number of hydrogen-bond donors (Lipinski definition) is 0. The zero-order valence-corrected chi connectivity index (χ0v) is 15.5. The summed E-state index contributed by atoms with van der Waals surface area (Å²) in [5.41, 5.74) is 2.01. The summed E-state index contributed by atoms with van der Waals surface area (Å²) in [4.78, 5) is 0. The average Bonchev–Trinajstić information content (AvgIpc) is 2.86. The van der Waals surface area contributed by atoms with Crippen LogP contribution in [-0.4, -0.2) is 0 Å². The second-order valence-corrected chi connectivity index (χ2v) is 7.83. The van der Waals surface area contributed by atoms with Gasteiger partial charge in [-0.25, -0.2) is 0 Å². The number of hydrogen-bond acceptors (Lipinski definition) is 1. The number of benzene rings is 2. The number of thiophene rings is 1. The third kappa shape index (κ3) is 2.67. The Kier molecular flexibility index (Phi) is 4.44. The van der Waals surface area contributed by atoms with Gasteiger partial charge in [0.1, 0.15) is 0 Å². The van der Waals surface area contributed by atoms with Gasteiger partial charge >= 0.3 is 0 Å². The quantitative estimate of drug-likeness (QED) is 0.356. The number of alkyl halides is 1. The molecule has 5 heteroatoms. The van der Waals surface area contributed by atoms with E-state index in [1.54, 1.807) is 11.3 Å². The summed E-state index contributed by atoms with van der Waals surface area (Å²) in [6.07, 6.45) is 0. The van der Waals surface area contributed by atoms with Crippen molar-refractivity contribution >= 4 is 76.5 Å². The molecule has 3 rings (SSSR count).